The second-order valence-corrected chi connectivity index (χ2v) is 4.67. The van der Waals surface area contributed by atoms with Gasteiger partial charge in [0.05, 0.1) is 18.5 Å². The van der Waals surface area contributed by atoms with E-state index < -0.39 is 0 Å². The highest BCUT2D eigenvalue weighted by Gasteiger charge is 2.08. The maximum Gasteiger partial charge on any atom is 0.157 e. The second kappa shape index (κ2) is 4.42. The Hall–Kier alpha value is -0.720. The van der Waals surface area contributed by atoms with E-state index in [0.29, 0.717) is 11.5 Å². The molecule has 2 aromatic heterocycles. The molecule has 0 aliphatic heterocycles. The average molecular weight is 333 g/mol. The van der Waals surface area contributed by atoms with Crippen LogP contribution in [0.1, 0.15) is 5.69 Å². The number of H-pyrrole nitrogens is 1. The third-order valence-electron chi connectivity index (χ3n) is 1.83. The van der Waals surface area contributed by atoms with E-state index in [-0.39, 0.29) is 6.61 Å². The van der Waals surface area contributed by atoms with Crippen LogP contribution in [0.5, 0.6) is 0 Å². The number of pyridine rings is 1. The zero-order valence-electron chi connectivity index (χ0n) is 7.54. The molecule has 2 N–H and O–H groups in total. The van der Waals surface area contributed by atoms with Crippen LogP contribution in [-0.2, 0) is 6.61 Å². The van der Waals surface area contributed by atoms with Gasteiger partial charge in [-0.15, -0.1) is 0 Å². The van der Waals surface area contributed by atoms with Gasteiger partial charge in [0.15, 0.2) is 5.82 Å². The quantitative estimate of drug-likeness (QED) is 0.888. The molecule has 0 radical (unpaired) electrons. The Bertz CT molecular complexity index is 484. The highest BCUT2D eigenvalue weighted by molar-refractivity contribution is 9.11. The summed E-state index contributed by atoms with van der Waals surface area (Å²) in [6.07, 6.45) is 3.28. The highest BCUT2D eigenvalue weighted by atomic mass is 79.9. The summed E-state index contributed by atoms with van der Waals surface area (Å²) in [6, 6.07) is 1.89. The lowest BCUT2D eigenvalue weighted by atomic mass is 10.3. The molecule has 0 spiro atoms. The van der Waals surface area contributed by atoms with Crippen molar-refractivity contribution in [2.45, 2.75) is 6.61 Å². The minimum absolute atomic E-state index is 0.0544. The van der Waals surface area contributed by atoms with Gasteiger partial charge < -0.3 is 10.1 Å². The van der Waals surface area contributed by atoms with Gasteiger partial charge in [0.25, 0.3) is 0 Å². The number of halogens is 2. The van der Waals surface area contributed by atoms with Gasteiger partial charge in [-0.05, 0) is 37.9 Å². The van der Waals surface area contributed by atoms with Crippen molar-refractivity contribution in [3.8, 4) is 11.5 Å². The Kier molecular flexibility index (Phi) is 3.18. The highest BCUT2D eigenvalue weighted by Crippen LogP contribution is 2.26. The van der Waals surface area contributed by atoms with Crippen LogP contribution in [0.2, 0.25) is 0 Å². The second-order valence-electron chi connectivity index (χ2n) is 2.90. The summed E-state index contributed by atoms with van der Waals surface area (Å²) in [5.74, 6) is 0.637. The lowest BCUT2D eigenvalue weighted by Gasteiger charge is -2.00. The van der Waals surface area contributed by atoms with Gasteiger partial charge in [0.1, 0.15) is 5.69 Å². The van der Waals surface area contributed by atoms with Gasteiger partial charge in [-0.2, -0.15) is 0 Å². The van der Waals surface area contributed by atoms with Crippen molar-refractivity contribution < 1.29 is 5.11 Å². The summed E-state index contributed by atoms with van der Waals surface area (Å²) in [5.41, 5.74) is 1.39. The molecule has 78 valence electrons. The largest absolute Gasteiger partial charge is 0.390 e. The molecular formula is C9H7Br2N3O. The van der Waals surface area contributed by atoms with Crippen LogP contribution < -0.4 is 0 Å². The third-order valence-corrected chi connectivity index (χ3v) is 2.87. The molecule has 0 aliphatic carbocycles. The van der Waals surface area contributed by atoms with E-state index in [9.17, 15) is 0 Å². The molecule has 2 rings (SSSR count). The fourth-order valence-electron chi connectivity index (χ4n) is 1.15. The molecular weight excluding hydrogens is 326 g/mol. The van der Waals surface area contributed by atoms with Gasteiger partial charge >= 0.3 is 0 Å². The predicted molar refractivity (Wildman–Crippen MR) is 63.1 cm³/mol. The van der Waals surface area contributed by atoms with Crippen LogP contribution >= 0.6 is 31.9 Å². The molecule has 4 nitrogen and oxygen atoms in total. The molecule has 15 heavy (non-hydrogen) atoms. The summed E-state index contributed by atoms with van der Waals surface area (Å²) < 4.78 is 1.74. The van der Waals surface area contributed by atoms with E-state index in [1.165, 1.54) is 0 Å². The SMILES string of the molecule is OCc1cnc(-c2ncc(Br)cc2Br)[nH]1. The number of aliphatic hydroxyl groups is 1. The fourth-order valence-corrected chi connectivity index (χ4v) is 2.32. The number of hydrogen-bond donors (Lipinski definition) is 2. The molecule has 0 bridgehead atoms. The summed E-state index contributed by atoms with van der Waals surface area (Å²) in [4.78, 5) is 11.3. The lowest BCUT2D eigenvalue weighted by Crippen LogP contribution is -1.88. The first-order chi connectivity index (χ1) is 7.20. The van der Waals surface area contributed by atoms with Crippen molar-refractivity contribution in [1.82, 2.24) is 15.0 Å². The number of aliphatic hydroxyl groups excluding tert-OH is 1. The molecule has 0 saturated heterocycles. The van der Waals surface area contributed by atoms with Crippen molar-refractivity contribution >= 4 is 31.9 Å². The van der Waals surface area contributed by atoms with E-state index in [4.69, 9.17) is 5.11 Å². The molecule has 0 aromatic carbocycles. The number of aromatic amines is 1. The zero-order valence-corrected chi connectivity index (χ0v) is 10.7. The summed E-state index contributed by atoms with van der Waals surface area (Å²) in [5, 5.41) is 8.90. The van der Waals surface area contributed by atoms with Gasteiger partial charge in [0.2, 0.25) is 0 Å². The van der Waals surface area contributed by atoms with E-state index in [0.717, 1.165) is 14.6 Å². The third kappa shape index (κ3) is 2.27. The molecule has 0 saturated carbocycles. The van der Waals surface area contributed by atoms with Crippen LogP contribution in [0.25, 0.3) is 11.5 Å². The molecule has 0 fully saturated rings. The van der Waals surface area contributed by atoms with Crippen LogP contribution in [0.3, 0.4) is 0 Å². The molecule has 2 heterocycles. The topological polar surface area (TPSA) is 61.8 Å². The van der Waals surface area contributed by atoms with Crippen LogP contribution in [0.4, 0.5) is 0 Å². The van der Waals surface area contributed by atoms with Gasteiger partial charge in [0, 0.05) is 15.1 Å². The van der Waals surface area contributed by atoms with Gasteiger partial charge in [-0.1, -0.05) is 0 Å². The van der Waals surface area contributed by atoms with Crippen LogP contribution in [0, 0.1) is 0 Å². The van der Waals surface area contributed by atoms with Crippen molar-refractivity contribution in [2.24, 2.45) is 0 Å². The van der Waals surface area contributed by atoms with Crippen molar-refractivity contribution in [3.63, 3.8) is 0 Å². The predicted octanol–water partition coefficient (Wildman–Crippen LogP) is 2.49. The van der Waals surface area contributed by atoms with Crippen molar-refractivity contribution in [2.75, 3.05) is 0 Å². The van der Waals surface area contributed by atoms with Crippen molar-refractivity contribution in [1.29, 1.82) is 0 Å². The maximum absolute atomic E-state index is 8.90. The Morgan fingerprint density at radius 2 is 2.07 bits per heavy atom. The normalized spacial score (nSPS) is 10.6. The number of aromatic nitrogens is 3. The average Bonchev–Trinajstić information content (AvgIpc) is 2.66. The Morgan fingerprint density at radius 3 is 2.67 bits per heavy atom. The molecule has 6 heteroatoms. The maximum atomic E-state index is 8.90. The smallest absolute Gasteiger partial charge is 0.157 e. The number of nitrogens with zero attached hydrogens (tertiary/aromatic N) is 2. The van der Waals surface area contributed by atoms with Gasteiger partial charge in [-0.3, -0.25) is 4.98 Å². The summed E-state index contributed by atoms with van der Waals surface area (Å²) in [6.45, 7) is -0.0544. The van der Waals surface area contributed by atoms with Gasteiger partial charge in [-0.25, -0.2) is 4.98 Å². The number of hydrogen-bond acceptors (Lipinski definition) is 3. The number of imidazole rings is 1. The first kappa shape index (κ1) is 10.8. The minimum Gasteiger partial charge on any atom is -0.390 e. The van der Waals surface area contributed by atoms with E-state index in [2.05, 4.69) is 46.8 Å². The van der Waals surface area contributed by atoms with E-state index >= 15 is 0 Å². The first-order valence-corrected chi connectivity index (χ1v) is 5.75. The fraction of sp³-hybridized carbons (Fsp3) is 0.111. The summed E-state index contributed by atoms with van der Waals surface area (Å²) in [7, 11) is 0. The minimum atomic E-state index is -0.0544. The molecule has 0 unspecified atom stereocenters. The Labute approximate surface area is 103 Å². The first-order valence-electron chi connectivity index (χ1n) is 4.17. The Morgan fingerprint density at radius 1 is 1.27 bits per heavy atom. The molecule has 0 aliphatic rings. The molecule has 0 atom stereocenters. The van der Waals surface area contributed by atoms with E-state index in [1.807, 2.05) is 6.07 Å². The monoisotopic (exact) mass is 331 g/mol. The van der Waals surface area contributed by atoms with Crippen LogP contribution in [-0.4, -0.2) is 20.1 Å². The van der Waals surface area contributed by atoms with Crippen LogP contribution in [0.15, 0.2) is 27.4 Å². The van der Waals surface area contributed by atoms with Crippen molar-refractivity contribution in [3.05, 3.63) is 33.1 Å². The standard InChI is InChI=1S/C9H7Br2N3O/c10-5-1-7(11)8(12-2-5)9-13-3-6(4-15)14-9/h1-3,15H,4H2,(H,13,14). The van der Waals surface area contributed by atoms with E-state index in [1.54, 1.807) is 12.4 Å². The summed E-state index contributed by atoms with van der Waals surface area (Å²) >= 11 is 6.72. The number of nitrogens with one attached hydrogen (secondary N) is 1. The zero-order chi connectivity index (χ0) is 10.8. The molecule has 0 amide bonds. The molecule has 2 aromatic rings. The lowest BCUT2D eigenvalue weighted by molar-refractivity contribution is 0.277. The Balaban J connectivity index is 2.44. The number of rotatable bonds is 2.